The summed E-state index contributed by atoms with van der Waals surface area (Å²) in [5, 5.41) is 6.27. The van der Waals surface area contributed by atoms with E-state index in [1.165, 1.54) is 23.0 Å². The van der Waals surface area contributed by atoms with E-state index in [0.717, 1.165) is 16.8 Å². The summed E-state index contributed by atoms with van der Waals surface area (Å²) >= 11 is 13.3. The third-order valence-corrected chi connectivity index (χ3v) is 4.78. The second-order valence-electron chi connectivity index (χ2n) is 5.39. The number of halogens is 2. The number of rotatable bonds is 4. The summed E-state index contributed by atoms with van der Waals surface area (Å²) in [4.78, 5) is 16.5. The van der Waals surface area contributed by atoms with Crippen molar-refractivity contribution in [1.82, 2.24) is 4.98 Å². The Morgan fingerprint density at radius 3 is 2.64 bits per heavy atom. The maximum Gasteiger partial charge on any atom is 0.250 e. The van der Waals surface area contributed by atoms with Gasteiger partial charge in [-0.3, -0.25) is 10.1 Å². The molecule has 3 nitrogen and oxygen atoms in total. The van der Waals surface area contributed by atoms with Crippen LogP contribution in [0, 0.1) is 6.92 Å². The Bertz CT molecular complexity index is 933. The van der Waals surface area contributed by atoms with Crippen LogP contribution in [-0.4, -0.2) is 10.9 Å². The number of thiazole rings is 1. The van der Waals surface area contributed by atoms with Gasteiger partial charge in [0.05, 0.1) is 5.69 Å². The summed E-state index contributed by atoms with van der Waals surface area (Å²) in [7, 11) is 0. The molecule has 0 spiro atoms. The second kappa shape index (κ2) is 7.83. The van der Waals surface area contributed by atoms with Crippen molar-refractivity contribution in [3.63, 3.8) is 0 Å². The van der Waals surface area contributed by atoms with Gasteiger partial charge in [-0.2, -0.15) is 0 Å². The predicted molar refractivity (Wildman–Crippen MR) is 106 cm³/mol. The molecule has 1 amide bonds. The van der Waals surface area contributed by atoms with E-state index in [4.69, 9.17) is 23.2 Å². The highest BCUT2D eigenvalue weighted by Crippen LogP contribution is 2.25. The molecular formula is C19H14Cl2N2OS. The number of carbonyl (C=O) groups is 1. The summed E-state index contributed by atoms with van der Waals surface area (Å²) in [6.45, 7) is 2.04. The SMILES string of the molecule is Cc1ccc(-c2csc(NC(=O)C=Cc3ccc(Cl)cc3Cl)n2)cc1. The van der Waals surface area contributed by atoms with Crippen LogP contribution in [0.3, 0.4) is 0 Å². The van der Waals surface area contributed by atoms with E-state index in [0.29, 0.717) is 15.2 Å². The zero-order valence-corrected chi connectivity index (χ0v) is 15.6. The molecule has 0 aliphatic rings. The van der Waals surface area contributed by atoms with Crippen LogP contribution in [0.2, 0.25) is 10.0 Å². The van der Waals surface area contributed by atoms with Gasteiger partial charge in [0.25, 0.3) is 0 Å². The fraction of sp³-hybridized carbons (Fsp3) is 0.0526. The Balaban J connectivity index is 1.67. The number of aromatic nitrogens is 1. The minimum atomic E-state index is -0.268. The number of aryl methyl sites for hydroxylation is 1. The summed E-state index contributed by atoms with van der Waals surface area (Å²) in [6, 6.07) is 13.2. The minimum Gasteiger partial charge on any atom is -0.298 e. The van der Waals surface area contributed by atoms with Crippen LogP contribution in [0.4, 0.5) is 5.13 Å². The van der Waals surface area contributed by atoms with E-state index in [-0.39, 0.29) is 5.91 Å². The van der Waals surface area contributed by atoms with Gasteiger partial charge in [-0.25, -0.2) is 4.98 Å². The lowest BCUT2D eigenvalue weighted by Gasteiger charge is -1.99. The van der Waals surface area contributed by atoms with Gasteiger partial charge in [-0.1, -0.05) is 59.1 Å². The summed E-state index contributed by atoms with van der Waals surface area (Å²) in [5.41, 5.74) is 3.77. The Morgan fingerprint density at radius 1 is 1.16 bits per heavy atom. The monoisotopic (exact) mass is 388 g/mol. The van der Waals surface area contributed by atoms with Gasteiger partial charge in [0, 0.05) is 27.1 Å². The average Bonchev–Trinajstić information content (AvgIpc) is 3.03. The Kier molecular flexibility index (Phi) is 5.53. The zero-order chi connectivity index (χ0) is 17.8. The molecule has 0 fully saturated rings. The molecule has 1 aromatic heterocycles. The van der Waals surface area contributed by atoms with Crippen LogP contribution in [0.1, 0.15) is 11.1 Å². The number of carbonyl (C=O) groups excluding carboxylic acids is 1. The standard InChI is InChI=1S/C19H14Cl2N2OS/c1-12-2-4-14(5-3-12)17-11-25-19(22-17)23-18(24)9-7-13-6-8-15(20)10-16(13)21/h2-11H,1H3,(H,22,23,24). The molecule has 126 valence electrons. The molecule has 3 rings (SSSR count). The van der Waals surface area contributed by atoms with E-state index < -0.39 is 0 Å². The molecule has 3 aromatic rings. The van der Waals surface area contributed by atoms with Gasteiger partial charge in [-0.05, 0) is 30.7 Å². The van der Waals surface area contributed by atoms with Crippen molar-refractivity contribution < 1.29 is 4.79 Å². The first-order valence-corrected chi connectivity index (χ1v) is 9.11. The molecule has 0 saturated carbocycles. The predicted octanol–water partition coefficient (Wildman–Crippen LogP) is 6.08. The largest absolute Gasteiger partial charge is 0.298 e. The third-order valence-electron chi connectivity index (χ3n) is 3.46. The first-order chi connectivity index (χ1) is 12.0. The first-order valence-electron chi connectivity index (χ1n) is 7.48. The molecule has 2 aromatic carbocycles. The van der Waals surface area contributed by atoms with Gasteiger partial charge in [0.1, 0.15) is 0 Å². The Morgan fingerprint density at radius 2 is 1.92 bits per heavy atom. The molecule has 0 atom stereocenters. The number of hydrogen-bond acceptors (Lipinski definition) is 3. The molecule has 0 saturated heterocycles. The molecule has 1 N–H and O–H groups in total. The molecule has 25 heavy (non-hydrogen) atoms. The average molecular weight is 389 g/mol. The topological polar surface area (TPSA) is 42.0 Å². The summed E-state index contributed by atoms with van der Waals surface area (Å²) < 4.78 is 0. The molecule has 0 aliphatic carbocycles. The van der Waals surface area contributed by atoms with Crippen molar-refractivity contribution in [1.29, 1.82) is 0 Å². The van der Waals surface area contributed by atoms with Crippen molar-refractivity contribution >= 4 is 51.7 Å². The highest BCUT2D eigenvalue weighted by Gasteiger charge is 2.06. The van der Waals surface area contributed by atoms with Crippen LogP contribution >= 0.6 is 34.5 Å². The lowest BCUT2D eigenvalue weighted by molar-refractivity contribution is -0.111. The second-order valence-corrected chi connectivity index (χ2v) is 7.09. The van der Waals surface area contributed by atoms with Gasteiger partial charge < -0.3 is 0 Å². The van der Waals surface area contributed by atoms with Crippen molar-refractivity contribution in [2.75, 3.05) is 5.32 Å². The summed E-state index contributed by atoms with van der Waals surface area (Å²) in [5.74, 6) is -0.268. The van der Waals surface area contributed by atoms with Gasteiger partial charge >= 0.3 is 0 Å². The summed E-state index contributed by atoms with van der Waals surface area (Å²) in [6.07, 6.45) is 3.06. The van der Waals surface area contributed by atoms with Crippen molar-refractivity contribution in [2.24, 2.45) is 0 Å². The molecule has 0 radical (unpaired) electrons. The smallest absolute Gasteiger partial charge is 0.250 e. The Labute approximate surface area is 159 Å². The number of benzene rings is 2. The molecule has 0 aliphatic heterocycles. The van der Waals surface area contributed by atoms with Crippen molar-refractivity contribution in [3.05, 3.63) is 75.1 Å². The lowest BCUT2D eigenvalue weighted by atomic mass is 10.1. The van der Waals surface area contributed by atoms with Crippen molar-refractivity contribution in [3.8, 4) is 11.3 Å². The number of hydrogen-bond donors (Lipinski definition) is 1. The molecule has 6 heteroatoms. The molecule has 0 unspecified atom stereocenters. The lowest BCUT2D eigenvalue weighted by Crippen LogP contribution is -2.07. The highest BCUT2D eigenvalue weighted by atomic mass is 35.5. The molecule has 0 bridgehead atoms. The van der Waals surface area contributed by atoms with Crippen LogP contribution in [-0.2, 0) is 4.79 Å². The van der Waals surface area contributed by atoms with Gasteiger partial charge in [0.15, 0.2) is 5.13 Å². The van der Waals surface area contributed by atoms with Crippen molar-refractivity contribution in [2.45, 2.75) is 6.92 Å². The number of amides is 1. The van der Waals surface area contributed by atoms with E-state index in [2.05, 4.69) is 10.3 Å². The number of anilines is 1. The van der Waals surface area contributed by atoms with Crippen LogP contribution in [0.25, 0.3) is 17.3 Å². The van der Waals surface area contributed by atoms with E-state index in [9.17, 15) is 4.79 Å². The van der Waals surface area contributed by atoms with Gasteiger partial charge in [-0.15, -0.1) is 11.3 Å². The van der Waals surface area contributed by atoms with Crippen LogP contribution in [0.15, 0.2) is 53.9 Å². The number of nitrogens with zero attached hydrogens (tertiary/aromatic N) is 1. The Hall–Kier alpha value is -2.14. The van der Waals surface area contributed by atoms with Crippen LogP contribution in [0.5, 0.6) is 0 Å². The number of nitrogens with one attached hydrogen (secondary N) is 1. The third kappa shape index (κ3) is 4.69. The van der Waals surface area contributed by atoms with E-state index >= 15 is 0 Å². The quantitative estimate of drug-likeness (QED) is 0.550. The van der Waals surface area contributed by atoms with Crippen LogP contribution < -0.4 is 5.32 Å². The zero-order valence-electron chi connectivity index (χ0n) is 13.3. The fourth-order valence-electron chi connectivity index (χ4n) is 2.14. The minimum absolute atomic E-state index is 0.268. The maximum atomic E-state index is 12.1. The van der Waals surface area contributed by atoms with E-state index in [1.54, 1.807) is 24.3 Å². The fourth-order valence-corrected chi connectivity index (χ4v) is 3.33. The normalized spacial score (nSPS) is 11.0. The molecular weight excluding hydrogens is 375 g/mol. The van der Waals surface area contributed by atoms with Gasteiger partial charge in [0.2, 0.25) is 5.91 Å². The maximum absolute atomic E-state index is 12.1. The highest BCUT2D eigenvalue weighted by molar-refractivity contribution is 7.14. The van der Waals surface area contributed by atoms with E-state index in [1.807, 2.05) is 36.6 Å². The first kappa shape index (κ1) is 17.7. The molecule has 1 heterocycles.